The summed E-state index contributed by atoms with van der Waals surface area (Å²) in [5.74, 6) is 0. The molecule has 0 saturated heterocycles. The van der Waals surface area contributed by atoms with E-state index in [4.69, 9.17) is 0 Å². The molecule has 0 amide bonds. The van der Waals surface area contributed by atoms with Crippen molar-refractivity contribution in [2.75, 3.05) is 0 Å². The smallest absolute Gasteiger partial charge is 0.190 e. The molecule has 4 heteroatoms. The van der Waals surface area contributed by atoms with Crippen molar-refractivity contribution in [1.29, 1.82) is 0 Å². The van der Waals surface area contributed by atoms with E-state index in [9.17, 15) is 13.2 Å². The van der Waals surface area contributed by atoms with Crippen LogP contribution in [0.25, 0.3) is 0 Å². The first kappa shape index (κ1) is 10.4. The number of hydrogen-bond donors (Lipinski definition) is 0. The fraction of sp³-hybridized carbons (Fsp3) is 0.364. The maximum atomic E-state index is 12.0. The van der Waals surface area contributed by atoms with E-state index >= 15 is 0 Å². The van der Waals surface area contributed by atoms with Gasteiger partial charge in [0.2, 0.25) is 0 Å². The minimum absolute atomic E-state index is 0.248. The van der Waals surface area contributed by atoms with E-state index in [0.717, 1.165) is 5.56 Å². The number of hydrogen-bond acceptors (Lipinski definition) is 3. The molecule has 0 atom stereocenters. The van der Waals surface area contributed by atoms with Crippen LogP contribution in [0.1, 0.15) is 18.4 Å². The highest BCUT2D eigenvalue weighted by Gasteiger charge is 2.55. The molecule has 1 aromatic rings. The average molecular weight is 224 g/mol. The van der Waals surface area contributed by atoms with Gasteiger partial charge in [-0.05, 0) is 31.9 Å². The van der Waals surface area contributed by atoms with Crippen LogP contribution in [0.5, 0.6) is 0 Å². The summed E-state index contributed by atoms with van der Waals surface area (Å²) in [4.78, 5) is 11.0. The quantitative estimate of drug-likeness (QED) is 0.731. The molecule has 0 radical (unpaired) electrons. The second-order valence-corrected chi connectivity index (χ2v) is 6.29. The molecule has 0 spiro atoms. The Balaban J connectivity index is 2.47. The minimum atomic E-state index is -3.46. The fourth-order valence-electron chi connectivity index (χ4n) is 1.53. The van der Waals surface area contributed by atoms with E-state index in [1.165, 1.54) is 0 Å². The number of sulfone groups is 1. The van der Waals surface area contributed by atoms with E-state index in [0.29, 0.717) is 19.1 Å². The Morgan fingerprint density at radius 2 is 1.73 bits per heavy atom. The van der Waals surface area contributed by atoms with E-state index in [1.807, 2.05) is 6.92 Å². The summed E-state index contributed by atoms with van der Waals surface area (Å²) in [6.45, 7) is 1.89. The zero-order valence-electron chi connectivity index (χ0n) is 8.43. The van der Waals surface area contributed by atoms with Crippen molar-refractivity contribution in [2.45, 2.75) is 29.4 Å². The van der Waals surface area contributed by atoms with Crippen molar-refractivity contribution in [3.8, 4) is 0 Å². The third kappa shape index (κ3) is 1.49. The van der Waals surface area contributed by atoms with Crippen LogP contribution in [0, 0.1) is 6.92 Å². The first-order valence-corrected chi connectivity index (χ1v) is 6.28. The maximum Gasteiger partial charge on any atom is 0.190 e. The Kier molecular flexibility index (Phi) is 2.19. The van der Waals surface area contributed by atoms with Crippen molar-refractivity contribution < 1.29 is 13.2 Å². The molecular formula is C11H12O3S. The summed E-state index contributed by atoms with van der Waals surface area (Å²) < 4.78 is 22.9. The predicted molar refractivity (Wildman–Crippen MR) is 56.4 cm³/mol. The van der Waals surface area contributed by atoms with Gasteiger partial charge in [-0.1, -0.05) is 17.7 Å². The number of benzene rings is 1. The van der Waals surface area contributed by atoms with Crippen molar-refractivity contribution >= 4 is 16.1 Å². The van der Waals surface area contributed by atoms with Crippen LogP contribution in [-0.2, 0) is 14.6 Å². The average Bonchev–Trinajstić information content (AvgIpc) is 2.99. The Hall–Kier alpha value is -1.16. The monoisotopic (exact) mass is 224 g/mol. The van der Waals surface area contributed by atoms with Crippen LogP contribution in [-0.4, -0.2) is 19.5 Å². The van der Waals surface area contributed by atoms with Gasteiger partial charge in [0.05, 0.1) is 4.90 Å². The lowest BCUT2D eigenvalue weighted by atomic mass is 10.2. The second kappa shape index (κ2) is 3.17. The summed E-state index contributed by atoms with van der Waals surface area (Å²) in [6.07, 6.45) is 1.47. The molecule has 1 fully saturated rings. The molecule has 1 aliphatic rings. The molecule has 0 N–H and O–H groups in total. The molecule has 0 bridgehead atoms. The molecule has 1 saturated carbocycles. The summed E-state index contributed by atoms with van der Waals surface area (Å²) in [6, 6.07) is 6.62. The fourth-order valence-corrected chi connectivity index (χ4v) is 3.26. The molecule has 0 aromatic heterocycles. The van der Waals surface area contributed by atoms with Gasteiger partial charge < -0.3 is 4.79 Å². The first-order chi connectivity index (χ1) is 7.02. The molecule has 2 rings (SSSR count). The Labute approximate surface area is 89.0 Å². The van der Waals surface area contributed by atoms with E-state index in [2.05, 4.69) is 0 Å². The lowest BCUT2D eigenvalue weighted by Gasteiger charge is -2.09. The summed E-state index contributed by atoms with van der Waals surface area (Å²) in [5.41, 5.74) is 1.00. The van der Waals surface area contributed by atoms with Gasteiger partial charge >= 0.3 is 0 Å². The highest BCUT2D eigenvalue weighted by molar-refractivity contribution is 7.93. The number of rotatable bonds is 3. The third-order valence-electron chi connectivity index (χ3n) is 2.82. The van der Waals surface area contributed by atoms with Gasteiger partial charge in [0.15, 0.2) is 9.84 Å². The first-order valence-electron chi connectivity index (χ1n) is 4.79. The highest BCUT2D eigenvalue weighted by atomic mass is 32.2. The van der Waals surface area contributed by atoms with Gasteiger partial charge in [0, 0.05) is 0 Å². The molecule has 80 valence electrons. The normalized spacial score (nSPS) is 18.5. The molecule has 0 aliphatic heterocycles. The van der Waals surface area contributed by atoms with E-state index in [-0.39, 0.29) is 4.90 Å². The van der Waals surface area contributed by atoms with Gasteiger partial charge in [-0.3, -0.25) is 0 Å². The molecule has 1 aliphatic carbocycles. The molecule has 0 heterocycles. The number of carbonyl (C=O) groups excluding carboxylic acids is 1. The summed E-state index contributed by atoms with van der Waals surface area (Å²) in [5, 5.41) is 0. The molecule has 15 heavy (non-hydrogen) atoms. The predicted octanol–water partition coefficient (Wildman–Crippen LogP) is 1.50. The Morgan fingerprint density at radius 3 is 2.13 bits per heavy atom. The van der Waals surface area contributed by atoms with Gasteiger partial charge in [0.1, 0.15) is 11.0 Å². The molecule has 0 unspecified atom stereocenters. The topological polar surface area (TPSA) is 51.2 Å². The van der Waals surface area contributed by atoms with Crippen LogP contribution < -0.4 is 0 Å². The van der Waals surface area contributed by atoms with Crippen molar-refractivity contribution in [2.24, 2.45) is 0 Å². The standard InChI is InChI=1S/C11H12O3S/c1-9-2-4-10(5-3-9)15(13,14)11(8-12)6-7-11/h2-5,8H,6-7H2,1H3. The van der Waals surface area contributed by atoms with Gasteiger partial charge in [-0.15, -0.1) is 0 Å². The molecule has 1 aromatic carbocycles. The molecule has 3 nitrogen and oxygen atoms in total. The Bertz CT molecular complexity index is 481. The minimum Gasteiger partial charge on any atom is -0.302 e. The SMILES string of the molecule is Cc1ccc(S(=O)(=O)C2(C=O)CC2)cc1. The van der Waals surface area contributed by atoms with E-state index < -0.39 is 14.6 Å². The van der Waals surface area contributed by atoms with Crippen LogP contribution in [0.2, 0.25) is 0 Å². The largest absolute Gasteiger partial charge is 0.302 e. The third-order valence-corrected chi connectivity index (χ3v) is 5.29. The summed E-state index contributed by atoms with van der Waals surface area (Å²) in [7, 11) is -3.46. The van der Waals surface area contributed by atoms with Crippen LogP contribution in [0.15, 0.2) is 29.2 Å². The zero-order valence-corrected chi connectivity index (χ0v) is 9.25. The lowest BCUT2D eigenvalue weighted by molar-refractivity contribution is -0.108. The number of aldehydes is 1. The Morgan fingerprint density at radius 1 is 1.20 bits per heavy atom. The second-order valence-electron chi connectivity index (χ2n) is 4.00. The lowest BCUT2D eigenvalue weighted by Crippen LogP contribution is -2.24. The van der Waals surface area contributed by atoms with Crippen molar-refractivity contribution in [3.05, 3.63) is 29.8 Å². The van der Waals surface area contributed by atoms with Crippen molar-refractivity contribution in [1.82, 2.24) is 0 Å². The van der Waals surface area contributed by atoms with Crippen LogP contribution >= 0.6 is 0 Å². The van der Waals surface area contributed by atoms with Crippen molar-refractivity contribution in [3.63, 3.8) is 0 Å². The zero-order chi connectivity index (χ0) is 11.1. The molecular weight excluding hydrogens is 212 g/mol. The number of carbonyl (C=O) groups is 1. The highest BCUT2D eigenvalue weighted by Crippen LogP contribution is 2.44. The number of aryl methyl sites for hydroxylation is 1. The summed E-state index contributed by atoms with van der Waals surface area (Å²) >= 11 is 0. The van der Waals surface area contributed by atoms with Crippen LogP contribution in [0.3, 0.4) is 0 Å². The maximum absolute atomic E-state index is 12.0. The van der Waals surface area contributed by atoms with Crippen LogP contribution in [0.4, 0.5) is 0 Å². The van der Waals surface area contributed by atoms with E-state index in [1.54, 1.807) is 24.3 Å². The van der Waals surface area contributed by atoms with Gasteiger partial charge in [-0.2, -0.15) is 0 Å². The van der Waals surface area contributed by atoms with Gasteiger partial charge in [0.25, 0.3) is 0 Å². The van der Waals surface area contributed by atoms with Gasteiger partial charge in [-0.25, -0.2) is 8.42 Å².